The summed E-state index contributed by atoms with van der Waals surface area (Å²) < 4.78 is 5.60. The van der Waals surface area contributed by atoms with Crippen LogP contribution in [0.3, 0.4) is 0 Å². The van der Waals surface area contributed by atoms with Crippen molar-refractivity contribution in [2.75, 3.05) is 31.2 Å². The van der Waals surface area contributed by atoms with E-state index < -0.39 is 0 Å². The second-order valence-corrected chi connectivity index (χ2v) is 4.92. The molecule has 102 valence electrons. The van der Waals surface area contributed by atoms with Crippen LogP contribution in [0.15, 0.2) is 24.3 Å². The summed E-state index contributed by atoms with van der Waals surface area (Å²) in [6.45, 7) is 11.3. The molecule has 1 aromatic rings. The Morgan fingerprint density at radius 2 is 2.06 bits per heavy atom. The fourth-order valence-corrected chi connectivity index (χ4v) is 2.24. The number of likely N-dealkylation sites (N-methyl/N-ethyl adjacent to an activating group) is 1. The molecule has 0 aliphatic carbocycles. The molecule has 0 bridgehead atoms. The second-order valence-electron chi connectivity index (χ2n) is 4.92. The van der Waals surface area contributed by atoms with Crippen LogP contribution in [0.5, 0.6) is 0 Å². The molecule has 0 radical (unpaired) electrons. The molecular weight excluding hydrogens is 224 g/mol. The summed E-state index contributed by atoms with van der Waals surface area (Å²) in [6, 6.07) is 8.53. The van der Waals surface area contributed by atoms with Crippen molar-refractivity contribution in [2.24, 2.45) is 5.73 Å². The first-order valence-corrected chi connectivity index (χ1v) is 6.69. The minimum absolute atomic E-state index is 0.154. The number of ether oxygens (including phenoxy) is 1. The van der Waals surface area contributed by atoms with Crippen LogP contribution in [0.25, 0.3) is 0 Å². The summed E-state index contributed by atoms with van der Waals surface area (Å²) in [6.07, 6.45) is 0. The lowest BCUT2D eigenvalue weighted by atomic mass is 9.99. The van der Waals surface area contributed by atoms with Gasteiger partial charge in [-0.1, -0.05) is 12.1 Å². The highest BCUT2D eigenvalue weighted by atomic mass is 16.5. The van der Waals surface area contributed by atoms with E-state index in [1.54, 1.807) is 0 Å². The van der Waals surface area contributed by atoms with Crippen molar-refractivity contribution in [1.82, 2.24) is 0 Å². The average Bonchev–Trinajstić information content (AvgIpc) is 2.37. The Hall–Kier alpha value is -1.06. The molecule has 2 N–H and O–H groups in total. The lowest BCUT2D eigenvalue weighted by Gasteiger charge is -2.41. The molecule has 0 heterocycles. The minimum atomic E-state index is -0.154. The summed E-state index contributed by atoms with van der Waals surface area (Å²) in [5, 5.41) is 0. The number of nitrogens with two attached hydrogens (primary N) is 1. The van der Waals surface area contributed by atoms with Gasteiger partial charge < -0.3 is 15.4 Å². The Bertz CT molecular complexity index is 367. The molecule has 0 aliphatic rings. The zero-order valence-corrected chi connectivity index (χ0v) is 12.1. The smallest absolute Gasteiger partial charge is 0.0728 e. The van der Waals surface area contributed by atoms with Crippen LogP contribution >= 0.6 is 0 Å². The van der Waals surface area contributed by atoms with Crippen LogP contribution in [0.1, 0.15) is 26.3 Å². The second kappa shape index (κ2) is 6.76. The SMILES string of the molecule is CCOCC(C)(CN)N(CC)c1cccc(C)c1. The molecule has 0 aromatic heterocycles. The van der Waals surface area contributed by atoms with E-state index >= 15 is 0 Å². The first-order valence-electron chi connectivity index (χ1n) is 6.69. The Kier molecular flexibility index (Phi) is 5.63. The number of rotatable bonds is 7. The van der Waals surface area contributed by atoms with Gasteiger partial charge >= 0.3 is 0 Å². The molecule has 0 fully saturated rings. The van der Waals surface area contributed by atoms with Gasteiger partial charge in [-0.2, -0.15) is 0 Å². The molecule has 0 aliphatic heterocycles. The van der Waals surface area contributed by atoms with Crippen molar-refractivity contribution in [3.63, 3.8) is 0 Å². The maximum atomic E-state index is 5.98. The molecular formula is C15H26N2O. The van der Waals surface area contributed by atoms with E-state index in [4.69, 9.17) is 10.5 Å². The predicted molar refractivity (Wildman–Crippen MR) is 78.2 cm³/mol. The first-order chi connectivity index (χ1) is 8.57. The summed E-state index contributed by atoms with van der Waals surface area (Å²) in [5.41, 5.74) is 8.30. The van der Waals surface area contributed by atoms with Crippen LogP contribution in [-0.2, 0) is 4.74 Å². The van der Waals surface area contributed by atoms with Gasteiger partial charge in [0.1, 0.15) is 0 Å². The number of hydrogen-bond donors (Lipinski definition) is 1. The molecule has 0 saturated carbocycles. The van der Waals surface area contributed by atoms with Crippen molar-refractivity contribution >= 4 is 5.69 Å². The first kappa shape index (κ1) is 15.0. The predicted octanol–water partition coefficient (Wildman–Crippen LogP) is 2.58. The van der Waals surface area contributed by atoms with Crippen molar-refractivity contribution in [2.45, 2.75) is 33.2 Å². The van der Waals surface area contributed by atoms with E-state index in [9.17, 15) is 0 Å². The number of benzene rings is 1. The highest BCUT2D eigenvalue weighted by Gasteiger charge is 2.30. The summed E-state index contributed by atoms with van der Waals surface area (Å²) in [4.78, 5) is 2.33. The van der Waals surface area contributed by atoms with Gasteiger partial charge in [0, 0.05) is 25.4 Å². The Morgan fingerprint density at radius 1 is 1.33 bits per heavy atom. The summed E-state index contributed by atoms with van der Waals surface area (Å²) in [7, 11) is 0. The number of nitrogens with zero attached hydrogens (tertiary/aromatic N) is 1. The molecule has 3 heteroatoms. The van der Waals surface area contributed by atoms with Gasteiger partial charge in [0.25, 0.3) is 0 Å². The maximum absolute atomic E-state index is 5.98. The molecule has 1 unspecified atom stereocenters. The van der Waals surface area contributed by atoms with Gasteiger partial charge in [-0.05, 0) is 45.4 Å². The van der Waals surface area contributed by atoms with E-state index in [0.717, 1.165) is 13.2 Å². The van der Waals surface area contributed by atoms with E-state index in [1.165, 1.54) is 11.3 Å². The summed E-state index contributed by atoms with van der Waals surface area (Å²) >= 11 is 0. The van der Waals surface area contributed by atoms with Gasteiger partial charge in [0.05, 0.1) is 12.1 Å². The maximum Gasteiger partial charge on any atom is 0.0728 e. The topological polar surface area (TPSA) is 38.5 Å². The highest BCUT2D eigenvalue weighted by molar-refractivity contribution is 5.51. The van der Waals surface area contributed by atoms with Crippen LogP contribution in [0.2, 0.25) is 0 Å². The number of hydrogen-bond acceptors (Lipinski definition) is 3. The van der Waals surface area contributed by atoms with E-state index in [-0.39, 0.29) is 5.54 Å². The fourth-order valence-electron chi connectivity index (χ4n) is 2.24. The zero-order valence-electron chi connectivity index (χ0n) is 12.1. The van der Waals surface area contributed by atoms with E-state index in [2.05, 4.69) is 49.9 Å². The Morgan fingerprint density at radius 3 is 2.56 bits per heavy atom. The van der Waals surface area contributed by atoms with Crippen LogP contribution in [0, 0.1) is 6.92 Å². The number of aryl methyl sites for hydroxylation is 1. The van der Waals surface area contributed by atoms with Gasteiger partial charge in [-0.25, -0.2) is 0 Å². The van der Waals surface area contributed by atoms with Crippen molar-refractivity contribution in [3.05, 3.63) is 29.8 Å². The molecule has 0 amide bonds. The van der Waals surface area contributed by atoms with Gasteiger partial charge in [0.15, 0.2) is 0 Å². The normalized spacial score (nSPS) is 14.3. The van der Waals surface area contributed by atoms with Gasteiger partial charge in [-0.15, -0.1) is 0 Å². The Labute approximate surface area is 111 Å². The van der Waals surface area contributed by atoms with Crippen molar-refractivity contribution < 1.29 is 4.74 Å². The van der Waals surface area contributed by atoms with E-state index in [0.29, 0.717) is 13.2 Å². The quantitative estimate of drug-likeness (QED) is 0.808. The van der Waals surface area contributed by atoms with Crippen LogP contribution in [0.4, 0.5) is 5.69 Å². The third-order valence-corrected chi connectivity index (χ3v) is 3.34. The number of anilines is 1. The lowest BCUT2D eigenvalue weighted by Crippen LogP contribution is -2.55. The standard InChI is InChI=1S/C15H26N2O/c1-5-17(14-9-7-8-13(3)10-14)15(4,11-16)12-18-6-2/h7-10H,5-6,11-12,16H2,1-4H3. The third kappa shape index (κ3) is 3.47. The molecule has 1 aromatic carbocycles. The van der Waals surface area contributed by atoms with Gasteiger partial charge in [-0.3, -0.25) is 0 Å². The molecule has 3 nitrogen and oxygen atoms in total. The highest BCUT2D eigenvalue weighted by Crippen LogP contribution is 2.24. The van der Waals surface area contributed by atoms with Crippen molar-refractivity contribution in [3.8, 4) is 0 Å². The monoisotopic (exact) mass is 250 g/mol. The Balaban J connectivity index is 2.99. The molecule has 0 saturated heterocycles. The van der Waals surface area contributed by atoms with Gasteiger partial charge in [0.2, 0.25) is 0 Å². The van der Waals surface area contributed by atoms with Crippen molar-refractivity contribution in [1.29, 1.82) is 0 Å². The van der Waals surface area contributed by atoms with Crippen LogP contribution < -0.4 is 10.6 Å². The molecule has 1 atom stereocenters. The zero-order chi connectivity index (χ0) is 13.6. The molecule has 18 heavy (non-hydrogen) atoms. The molecule has 0 spiro atoms. The van der Waals surface area contributed by atoms with E-state index in [1.807, 2.05) is 6.92 Å². The minimum Gasteiger partial charge on any atom is -0.379 e. The van der Waals surface area contributed by atoms with Crippen LogP contribution in [-0.4, -0.2) is 31.8 Å². The fraction of sp³-hybridized carbons (Fsp3) is 0.600. The molecule has 1 rings (SSSR count). The largest absolute Gasteiger partial charge is 0.379 e. The summed E-state index contributed by atoms with van der Waals surface area (Å²) in [5.74, 6) is 0. The average molecular weight is 250 g/mol. The third-order valence-electron chi connectivity index (χ3n) is 3.34. The lowest BCUT2D eigenvalue weighted by molar-refractivity contribution is 0.100.